The summed E-state index contributed by atoms with van der Waals surface area (Å²) in [4.78, 5) is 0. The highest BCUT2D eigenvalue weighted by atomic mass is 19.5. The van der Waals surface area contributed by atoms with Crippen molar-refractivity contribution in [3.63, 3.8) is 0 Å². The normalized spacial score (nSPS) is 14.3. The van der Waals surface area contributed by atoms with Crippen LogP contribution in [0.1, 0.15) is 69.3 Å². The number of aliphatic hydroxyl groups is 2. The van der Waals surface area contributed by atoms with Gasteiger partial charge in [0.1, 0.15) is 34.5 Å². The van der Waals surface area contributed by atoms with Gasteiger partial charge in [-0.15, -0.1) is 79.0 Å². The van der Waals surface area contributed by atoms with Crippen LogP contribution in [0.3, 0.4) is 0 Å². The highest BCUT2D eigenvalue weighted by Crippen LogP contribution is 2.45. The fourth-order valence-electron chi connectivity index (χ4n) is 12.8. The van der Waals surface area contributed by atoms with E-state index in [1.54, 1.807) is 103 Å². The lowest BCUT2D eigenvalue weighted by molar-refractivity contribution is -0.275. The number of rotatable bonds is 30. The number of nitrogens with two attached hydrogens (primary N) is 1. The van der Waals surface area contributed by atoms with Gasteiger partial charge in [0, 0.05) is 49.0 Å². The van der Waals surface area contributed by atoms with E-state index in [2.05, 4.69) is 43.8 Å². The van der Waals surface area contributed by atoms with E-state index in [0.29, 0.717) is 22.3 Å². The summed E-state index contributed by atoms with van der Waals surface area (Å²) in [6, 6.07) is 55.4. The second-order valence-corrected chi connectivity index (χ2v) is 26.9. The van der Waals surface area contributed by atoms with E-state index in [1.807, 2.05) is 0 Å². The van der Waals surface area contributed by atoms with Crippen LogP contribution < -0.4 is 44.8 Å². The maximum Gasteiger partial charge on any atom is 0.573 e. The van der Waals surface area contributed by atoms with E-state index in [0.717, 1.165) is 66.2 Å². The Morgan fingerprint density at radius 2 is 0.525 bits per heavy atom. The monoisotopic (exact) mass is 1740 g/mol. The first-order valence-electron chi connectivity index (χ1n) is 35.3. The summed E-state index contributed by atoms with van der Waals surface area (Å²) in [5.74, 6) is -3.35. The Morgan fingerprint density at radius 3 is 0.708 bits per heavy atom. The lowest BCUT2D eigenvalue weighted by atomic mass is 9.70. The third kappa shape index (κ3) is 34.0. The van der Waals surface area contributed by atoms with Crippen molar-refractivity contribution in [1.82, 2.24) is 10.6 Å². The van der Waals surface area contributed by atoms with Crippen molar-refractivity contribution in [2.75, 3.05) is 39.3 Å². The van der Waals surface area contributed by atoms with Crippen LogP contribution in [0.5, 0.6) is 34.5 Å². The first kappa shape index (κ1) is 96.8. The summed E-state index contributed by atoms with van der Waals surface area (Å²) < 4.78 is 371. The number of halogens is 27. The van der Waals surface area contributed by atoms with Crippen LogP contribution in [-0.2, 0) is 40.2 Å². The second-order valence-electron chi connectivity index (χ2n) is 26.9. The molecule has 0 aromatic heterocycles. The maximum atomic E-state index is 13.0. The number of hydrogen-bond donors (Lipinski definition) is 5. The number of alkyl halides is 27. The fraction of sp³-hybridized carbons (Fsp3) is 0.333. The molecule has 0 bridgehead atoms. The Bertz CT molecular complexity index is 4220. The number of hydrogen-bond acceptors (Lipinski definition) is 12. The van der Waals surface area contributed by atoms with Gasteiger partial charge in [0.2, 0.25) is 0 Å². The van der Waals surface area contributed by atoms with Gasteiger partial charge in [-0.2, -0.15) is 39.5 Å². The van der Waals surface area contributed by atoms with Gasteiger partial charge in [-0.3, -0.25) is 0 Å². The molecule has 0 spiro atoms. The Morgan fingerprint density at radius 1 is 0.308 bits per heavy atom. The SMILES string of the molecule is FC(F)(F)CC1CO1.NCC(Cc1ccccc1)(c1cccc(OC(F)(F)F)c1)c1cccc(OC(F)(F)F)c1.O[C@@H](CNCC(Cc1ccccc1)(c1cccc(OC(F)(F)F)c1)c1cccc(OC(F)(F)F)c1)CC(F)(F)F.O[C@H](CNCC(Cc1ccccc1)(c1cccc(OC(F)(F)F)c1)c1cccc(OC(F)(F)F)c1)CC(F)(F)F. The molecule has 1 aliphatic heterocycles. The molecule has 654 valence electrons. The van der Waals surface area contributed by atoms with Crippen LogP contribution in [0, 0.1) is 0 Å². The number of nitrogens with one attached hydrogen (secondary N) is 2. The van der Waals surface area contributed by atoms with Crippen molar-refractivity contribution in [2.24, 2.45) is 5.73 Å². The largest absolute Gasteiger partial charge is 0.573 e. The Hall–Kier alpha value is -10.4. The van der Waals surface area contributed by atoms with Gasteiger partial charge in [0.05, 0.1) is 44.2 Å². The van der Waals surface area contributed by atoms with E-state index in [-0.39, 0.29) is 67.8 Å². The molecule has 3 atom stereocenters. The Balaban J connectivity index is 0.000000237. The van der Waals surface area contributed by atoms with E-state index < -0.39 is 158 Å². The van der Waals surface area contributed by atoms with E-state index in [9.17, 15) is 129 Å². The van der Waals surface area contributed by atoms with Crippen molar-refractivity contribution in [2.45, 2.75) is 130 Å². The smallest absolute Gasteiger partial charge is 0.406 e. The van der Waals surface area contributed by atoms with Crippen molar-refractivity contribution >= 4 is 0 Å². The van der Waals surface area contributed by atoms with Crippen molar-refractivity contribution < 1.29 is 162 Å². The van der Waals surface area contributed by atoms with Crippen LogP contribution in [-0.4, -0.2) is 125 Å². The molecule has 0 aliphatic carbocycles. The van der Waals surface area contributed by atoms with Gasteiger partial charge >= 0.3 is 56.7 Å². The van der Waals surface area contributed by atoms with Gasteiger partial charge in [-0.05, 0) is 142 Å². The number of ether oxygens (including phenoxy) is 7. The molecule has 9 aromatic carbocycles. The van der Waals surface area contributed by atoms with Crippen LogP contribution in [0.25, 0.3) is 0 Å². The molecule has 39 heteroatoms. The molecule has 9 aromatic rings. The van der Waals surface area contributed by atoms with Gasteiger partial charge in [0.25, 0.3) is 0 Å². The molecule has 1 saturated heterocycles. The molecule has 10 rings (SSSR count). The number of epoxide rings is 1. The summed E-state index contributed by atoms with van der Waals surface area (Å²) in [5.41, 5.74) is 5.41. The standard InChI is InChI=1S/2C27H24F9NO3.C23H19F6NO2.C4H5F3O/c2*28-25(29,30)15-21(38)16-37-17-24(14-18-6-2-1-3-7-18,19-8-4-10-22(12-19)39-26(31,32)33)20-9-5-11-23(13-20)40-27(34,35)36;24-22(25,26)31-19-10-4-8-17(12-19)21(15-30,14-16-6-2-1-3-7-16)18-9-5-11-20(13-18)32-23(27,28)29;5-4(6,7)1-3-2-8-3/h2*1-13,21,37-38H,14-17H2;1-13H,14-15,30H2;3H,1-2H2/t2*21-;;/m10../s1. The molecule has 120 heavy (non-hydrogen) atoms. The third-order valence-electron chi connectivity index (χ3n) is 17.5. The average molecular weight is 1740 g/mol. The highest BCUT2D eigenvalue weighted by molar-refractivity contribution is 5.51. The quantitative estimate of drug-likeness (QED) is 0.0215. The third-order valence-corrected chi connectivity index (χ3v) is 17.5. The molecule has 0 saturated carbocycles. The minimum Gasteiger partial charge on any atom is -0.406 e. The predicted octanol–water partition coefficient (Wildman–Crippen LogP) is 21.1. The Labute approximate surface area is 666 Å². The van der Waals surface area contributed by atoms with Crippen molar-refractivity contribution in [1.29, 1.82) is 0 Å². The highest BCUT2D eigenvalue weighted by Gasteiger charge is 2.44. The fourth-order valence-corrected chi connectivity index (χ4v) is 12.8. The van der Waals surface area contributed by atoms with E-state index in [1.165, 1.54) is 72.8 Å². The molecule has 0 amide bonds. The molecule has 6 N–H and O–H groups in total. The summed E-state index contributed by atoms with van der Waals surface area (Å²) in [6.07, 6.45) is -51.2. The average Bonchev–Trinajstić information content (AvgIpc) is 0.949. The van der Waals surface area contributed by atoms with Crippen molar-refractivity contribution in [3.05, 3.63) is 287 Å². The topological polar surface area (TPSA) is 158 Å². The molecule has 0 radical (unpaired) electrons. The summed E-state index contributed by atoms with van der Waals surface area (Å²) in [6.45, 7) is -1.53. The minimum atomic E-state index is -5.04. The van der Waals surface area contributed by atoms with Gasteiger partial charge < -0.3 is 59.7 Å². The van der Waals surface area contributed by atoms with Crippen LogP contribution >= 0.6 is 0 Å². The van der Waals surface area contributed by atoms with Gasteiger partial charge in [-0.1, -0.05) is 164 Å². The molecule has 1 heterocycles. The van der Waals surface area contributed by atoms with Crippen molar-refractivity contribution in [3.8, 4) is 34.5 Å². The summed E-state index contributed by atoms with van der Waals surface area (Å²) in [5, 5.41) is 25.2. The summed E-state index contributed by atoms with van der Waals surface area (Å²) in [7, 11) is 0. The molecule has 1 aliphatic rings. The second kappa shape index (κ2) is 40.8. The zero-order valence-corrected chi connectivity index (χ0v) is 61.8. The van der Waals surface area contributed by atoms with E-state index >= 15 is 0 Å². The zero-order valence-electron chi connectivity index (χ0n) is 61.8. The summed E-state index contributed by atoms with van der Waals surface area (Å²) >= 11 is 0. The zero-order chi connectivity index (χ0) is 88.8. The van der Waals surface area contributed by atoms with Crippen LogP contribution in [0.4, 0.5) is 119 Å². The molecule has 1 fully saturated rings. The maximum absolute atomic E-state index is 13.0. The minimum absolute atomic E-state index is 0.0127. The predicted molar refractivity (Wildman–Crippen MR) is 380 cm³/mol. The molecule has 12 nitrogen and oxygen atoms in total. The number of aliphatic hydroxyl groups excluding tert-OH is 2. The lowest BCUT2D eigenvalue weighted by Crippen LogP contribution is -2.44. The molecular formula is C81H72F27N3O9. The lowest BCUT2D eigenvalue weighted by Gasteiger charge is -2.37. The van der Waals surface area contributed by atoms with Gasteiger partial charge in [-0.25, -0.2) is 0 Å². The molecular weight excluding hydrogens is 1670 g/mol. The number of benzene rings is 9. The van der Waals surface area contributed by atoms with E-state index in [4.69, 9.17) is 5.73 Å². The van der Waals surface area contributed by atoms with Gasteiger partial charge in [0.15, 0.2) is 0 Å². The first-order valence-corrected chi connectivity index (χ1v) is 35.3. The molecule has 1 unspecified atom stereocenters. The van der Waals surface area contributed by atoms with Crippen LogP contribution in [0.2, 0.25) is 0 Å². The Kier molecular flexibility index (Phi) is 32.9. The first-order chi connectivity index (χ1) is 55.7. The van der Waals surface area contributed by atoms with Crippen LogP contribution in [0.15, 0.2) is 237 Å².